The van der Waals surface area contributed by atoms with E-state index in [1.165, 1.54) is 0 Å². The molecule has 7 heteroatoms. The van der Waals surface area contributed by atoms with Gasteiger partial charge in [0, 0.05) is 22.2 Å². The molecule has 0 bridgehead atoms. The fraction of sp³-hybridized carbons (Fsp3) is 0.111. The predicted molar refractivity (Wildman–Crippen MR) is 57.5 cm³/mol. The second-order valence-electron chi connectivity index (χ2n) is 2.76. The molecule has 6 nitrogen and oxygen atoms in total. The van der Waals surface area contributed by atoms with E-state index in [-0.39, 0.29) is 21.3 Å². The van der Waals surface area contributed by atoms with Crippen LogP contribution in [0.15, 0.2) is 16.6 Å². The number of nitrogens with zero attached hydrogens (tertiary/aromatic N) is 1. The number of carbonyl (C=O) groups excluding carboxylic acids is 2. The number of methoxy groups -OCH3 is 1. The Morgan fingerprint density at radius 2 is 2.19 bits per heavy atom. The molecular formula is C9H6BrNO5. The molecular weight excluding hydrogens is 282 g/mol. The van der Waals surface area contributed by atoms with Crippen molar-refractivity contribution in [1.82, 2.24) is 0 Å². The number of nitro benzene ring substituents is 1. The van der Waals surface area contributed by atoms with Crippen molar-refractivity contribution in [2.45, 2.75) is 0 Å². The van der Waals surface area contributed by atoms with Crippen molar-refractivity contribution in [3.63, 3.8) is 0 Å². The number of halogens is 1. The van der Waals surface area contributed by atoms with Gasteiger partial charge in [0.25, 0.3) is 5.69 Å². The van der Waals surface area contributed by atoms with Gasteiger partial charge < -0.3 is 4.74 Å². The lowest BCUT2D eigenvalue weighted by Gasteiger charge is -2.04. The average Bonchev–Trinajstić information content (AvgIpc) is 2.28. The van der Waals surface area contributed by atoms with E-state index in [4.69, 9.17) is 0 Å². The first-order valence-corrected chi connectivity index (χ1v) is 4.82. The number of ether oxygens (including phenoxy) is 1. The van der Waals surface area contributed by atoms with Gasteiger partial charge in [-0.1, -0.05) is 0 Å². The van der Waals surface area contributed by atoms with Crippen LogP contribution in [0.4, 0.5) is 5.69 Å². The van der Waals surface area contributed by atoms with E-state index in [0.29, 0.717) is 6.29 Å². The van der Waals surface area contributed by atoms with Crippen LogP contribution in [0.25, 0.3) is 0 Å². The molecule has 0 saturated heterocycles. The van der Waals surface area contributed by atoms with E-state index in [1.54, 1.807) is 0 Å². The quantitative estimate of drug-likeness (QED) is 0.367. The number of carbonyl (C=O) groups is 2. The van der Waals surface area contributed by atoms with E-state index >= 15 is 0 Å². The van der Waals surface area contributed by atoms with Crippen LogP contribution >= 0.6 is 15.9 Å². The summed E-state index contributed by atoms with van der Waals surface area (Å²) in [5, 5.41) is 10.6. The minimum Gasteiger partial charge on any atom is -0.465 e. The first-order chi connectivity index (χ1) is 7.51. The number of rotatable bonds is 3. The predicted octanol–water partition coefficient (Wildman–Crippen LogP) is 1.96. The van der Waals surface area contributed by atoms with E-state index in [2.05, 4.69) is 20.7 Å². The summed E-state index contributed by atoms with van der Waals surface area (Å²) < 4.78 is 4.62. The minimum absolute atomic E-state index is 0.0228. The van der Waals surface area contributed by atoms with Crippen molar-refractivity contribution >= 4 is 33.9 Å². The van der Waals surface area contributed by atoms with Crippen molar-refractivity contribution in [1.29, 1.82) is 0 Å². The van der Waals surface area contributed by atoms with E-state index in [1.807, 2.05) is 0 Å². The summed E-state index contributed by atoms with van der Waals surface area (Å²) in [6, 6.07) is 2.12. The smallest absolute Gasteiger partial charge is 0.339 e. The van der Waals surface area contributed by atoms with Crippen molar-refractivity contribution < 1.29 is 19.2 Å². The van der Waals surface area contributed by atoms with Crippen molar-refractivity contribution in [2.24, 2.45) is 0 Å². The number of hydrogen-bond donors (Lipinski definition) is 0. The first kappa shape index (κ1) is 12.3. The fourth-order valence-electron chi connectivity index (χ4n) is 1.08. The van der Waals surface area contributed by atoms with Crippen LogP contribution in [0.3, 0.4) is 0 Å². The summed E-state index contributed by atoms with van der Waals surface area (Å²) in [4.78, 5) is 31.8. The maximum Gasteiger partial charge on any atom is 0.339 e. The van der Waals surface area contributed by atoms with Gasteiger partial charge in [-0.05, 0) is 15.9 Å². The van der Waals surface area contributed by atoms with Gasteiger partial charge >= 0.3 is 5.97 Å². The third-order valence-corrected chi connectivity index (χ3v) is 2.71. The lowest BCUT2D eigenvalue weighted by atomic mass is 10.1. The highest BCUT2D eigenvalue weighted by Gasteiger charge is 2.19. The molecule has 0 radical (unpaired) electrons. The minimum atomic E-state index is -0.751. The van der Waals surface area contributed by atoms with Gasteiger partial charge in [0.15, 0.2) is 6.29 Å². The zero-order valence-electron chi connectivity index (χ0n) is 8.10. The van der Waals surface area contributed by atoms with Crippen molar-refractivity contribution in [3.8, 4) is 0 Å². The van der Waals surface area contributed by atoms with E-state index < -0.39 is 10.9 Å². The van der Waals surface area contributed by atoms with Gasteiger partial charge in [0.1, 0.15) is 0 Å². The molecule has 0 heterocycles. The maximum absolute atomic E-state index is 11.3. The zero-order valence-corrected chi connectivity index (χ0v) is 9.68. The first-order valence-electron chi connectivity index (χ1n) is 4.02. The van der Waals surface area contributed by atoms with Crippen molar-refractivity contribution in [3.05, 3.63) is 37.8 Å². The summed E-state index contributed by atoms with van der Waals surface area (Å²) >= 11 is 3.01. The van der Waals surface area contributed by atoms with E-state index in [9.17, 15) is 19.7 Å². The van der Waals surface area contributed by atoms with Gasteiger partial charge in [-0.15, -0.1) is 0 Å². The SMILES string of the molecule is COC(=O)c1cc([N+](=O)[O-])cc(C=O)c1Br. The molecule has 0 aliphatic carbocycles. The summed E-state index contributed by atoms with van der Waals surface area (Å²) in [6.07, 6.45) is 0.420. The Morgan fingerprint density at radius 3 is 2.62 bits per heavy atom. The highest BCUT2D eigenvalue weighted by atomic mass is 79.9. The molecule has 1 rings (SSSR count). The van der Waals surface area contributed by atoms with Gasteiger partial charge in [-0.2, -0.15) is 0 Å². The molecule has 0 spiro atoms. The highest BCUT2D eigenvalue weighted by Crippen LogP contribution is 2.27. The number of hydrogen-bond acceptors (Lipinski definition) is 5. The molecule has 0 unspecified atom stereocenters. The Hall–Kier alpha value is -1.76. The van der Waals surface area contributed by atoms with Gasteiger partial charge in [0.05, 0.1) is 17.6 Å². The Labute approximate surface area is 98.5 Å². The Balaban J connectivity index is 3.47. The Kier molecular flexibility index (Phi) is 3.73. The third-order valence-electron chi connectivity index (χ3n) is 1.83. The standard InChI is InChI=1S/C9H6BrNO5/c1-16-9(13)7-3-6(11(14)15)2-5(4-12)8(7)10/h2-4H,1H3. The summed E-state index contributed by atoms with van der Waals surface area (Å²) in [5.74, 6) is -0.751. The van der Waals surface area contributed by atoms with Crippen LogP contribution in [0.2, 0.25) is 0 Å². The van der Waals surface area contributed by atoms with Crippen LogP contribution in [-0.4, -0.2) is 24.3 Å². The van der Waals surface area contributed by atoms with Crippen LogP contribution in [0.5, 0.6) is 0 Å². The second-order valence-corrected chi connectivity index (χ2v) is 3.56. The summed E-state index contributed by atoms with van der Waals surface area (Å²) in [6.45, 7) is 0. The molecule has 0 saturated carbocycles. The Bertz CT molecular complexity index is 471. The molecule has 0 aliphatic heterocycles. The van der Waals surface area contributed by atoms with Crippen LogP contribution < -0.4 is 0 Å². The monoisotopic (exact) mass is 287 g/mol. The average molecular weight is 288 g/mol. The Morgan fingerprint density at radius 1 is 1.56 bits per heavy atom. The lowest BCUT2D eigenvalue weighted by Crippen LogP contribution is -2.05. The van der Waals surface area contributed by atoms with Crippen LogP contribution in [0, 0.1) is 10.1 Å². The normalized spacial score (nSPS) is 9.62. The second kappa shape index (κ2) is 4.84. The highest BCUT2D eigenvalue weighted by molar-refractivity contribution is 9.10. The fourth-order valence-corrected chi connectivity index (χ4v) is 1.56. The number of esters is 1. The lowest BCUT2D eigenvalue weighted by molar-refractivity contribution is -0.384. The molecule has 0 aromatic heterocycles. The van der Waals surface area contributed by atoms with Gasteiger partial charge in [-0.25, -0.2) is 4.79 Å². The number of nitro groups is 1. The topological polar surface area (TPSA) is 86.5 Å². The van der Waals surface area contributed by atoms with Gasteiger partial charge in [-0.3, -0.25) is 14.9 Å². The summed E-state index contributed by atoms with van der Waals surface area (Å²) in [5.41, 5.74) is -0.376. The molecule has 1 aromatic carbocycles. The molecule has 0 N–H and O–H groups in total. The number of non-ortho nitro benzene ring substituents is 1. The molecule has 0 atom stereocenters. The molecule has 84 valence electrons. The van der Waals surface area contributed by atoms with Crippen LogP contribution in [0.1, 0.15) is 20.7 Å². The number of benzene rings is 1. The third kappa shape index (κ3) is 2.25. The summed E-state index contributed by atoms with van der Waals surface area (Å²) in [7, 11) is 1.15. The molecule has 0 aliphatic rings. The molecule has 1 aromatic rings. The molecule has 16 heavy (non-hydrogen) atoms. The molecule has 0 fully saturated rings. The van der Waals surface area contributed by atoms with Gasteiger partial charge in [0.2, 0.25) is 0 Å². The zero-order chi connectivity index (χ0) is 12.3. The van der Waals surface area contributed by atoms with Crippen molar-refractivity contribution in [2.75, 3.05) is 7.11 Å². The van der Waals surface area contributed by atoms with E-state index in [0.717, 1.165) is 19.2 Å². The largest absolute Gasteiger partial charge is 0.465 e. The van der Waals surface area contributed by atoms with Crippen LogP contribution in [-0.2, 0) is 4.74 Å². The maximum atomic E-state index is 11.3. The molecule has 0 amide bonds. The number of aldehydes is 1.